The van der Waals surface area contributed by atoms with Gasteiger partial charge in [-0.3, -0.25) is 4.79 Å². The number of nitrogens with zero attached hydrogens (tertiary/aromatic N) is 6. The van der Waals surface area contributed by atoms with Crippen LogP contribution in [-0.4, -0.2) is 58.6 Å². The van der Waals surface area contributed by atoms with Crippen molar-refractivity contribution in [2.24, 2.45) is 5.92 Å². The van der Waals surface area contributed by atoms with Crippen LogP contribution in [0.15, 0.2) is 24.5 Å². The third kappa shape index (κ3) is 4.44. The maximum absolute atomic E-state index is 12.3. The molecule has 2 aromatic heterocycles. The normalized spacial score (nSPS) is 14.6. The average molecular weight is 355 g/mol. The zero-order valence-corrected chi connectivity index (χ0v) is 15.5. The Bertz CT molecular complexity index is 742. The van der Waals surface area contributed by atoms with Crippen LogP contribution in [0.1, 0.15) is 30.0 Å². The Hall–Kier alpha value is -2.77. The van der Waals surface area contributed by atoms with Crippen LogP contribution in [0.4, 0.5) is 11.9 Å². The number of hydrogen-bond acceptors (Lipinski definition) is 7. The summed E-state index contributed by atoms with van der Waals surface area (Å²) in [6.45, 7) is 9.74. The van der Waals surface area contributed by atoms with E-state index < -0.39 is 0 Å². The highest BCUT2D eigenvalue weighted by Gasteiger charge is 2.22. The predicted octanol–water partition coefficient (Wildman–Crippen LogP) is 1.29. The van der Waals surface area contributed by atoms with Crippen molar-refractivity contribution >= 4 is 17.8 Å². The first-order valence-corrected chi connectivity index (χ1v) is 8.93. The van der Waals surface area contributed by atoms with E-state index in [1.54, 1.807) is 18.5 Å². The molecule has 0 aliphatic carbocycles. The number of aromatic nitrogens is 4. The van der Waals surface area contributed by atoms with Gasteiger partial charge in [-0.05, 0) is 25.0 Å². The molecule has 0 radical (unpaired) electrons. The first kappa shape index (κ1) is 18.0. The second-order valence-corrected chi connectivity index (χ2v) is 6.82. The van der Waals surface area contributed by atoms with Crippen LogP contribution in [0.5, 0.6) is 0 Å². The number of aryl methyl sites for hydroxylation is 1. The highest BCUT2D eigenvalue weighted by molar-refractivity contribution is 5.92. The molecule has 26 heavy (non-hydrogen) atoms. The number of amides is 1. The zero-order valence-electron chi connectivity index (χ0n) is 15.5. The van der Waals surface area contributed by atoms with Crippen LogP contribution in [0, 0.1) is 12.8 Å². The lowest BCUT2D eigenvalue weighted by atomic mass is 10.2. The van der Waals surface area contributed by atoms with Crippen LogP contribution in [0.3, 0.4) is 0 Å². The molecule has 2 aromatic rings. The van der Waals surface area contributed by atoms with Crippen LogP contribution < -0.4 is 15.1 Å². The summed E-state index contributed by atoms with van der Waals surface area (Å²) in [5, 5.41) is 2.91. The van der Waals surface area contributed by atoms with Gasteiger partial charge in [0.1, 0.15) is 5.69 Å². The molecule has 8 heteroatoms. The fourth-order valence-corrected chi connectivity index (χ4v) is 2.76. The van der Waals surface area contributed by atoms with E-state index in [9.17, 15) is 4.79 Å². The summed E-state index contributed by atoms with van der Waals surface area (Å²) in [7, 11) is 0. The van der Waals surface area contributed by atoms with E-state index in [-0.39, 0.29) is 5.91 Å². The third-order valence-electron chi connectivity index (χ3n) is 4.14. The average Bonchev–Trinajstić information content (AvgIpc) is 2.66. The second kappa shape index (κ2) is 8.07. The highest BCUT2D eigenvalue weighted by Crippen LogP contribution is 2.15. The zero-order chi connectivity index (χ0) is 18.5. The van der Waals surface area contributed by atoms with Crippen LogP contribution in [0.2, 0.25) is 0 Å². The van der Waals surface area contributed by atoms with E-state index in [1.807, 2.05) is 13.0 Å². The molecule has 3 heterocycles. The topological polar surface area (TPSA) is 87.1 Å². The summed E-state index contributed by atoms with van der Waals surface area (Å²) < 4.78 is 0. The number of carbonyl (C=O) groups excluding carboxylic acids is 1. The predicted molar refractivity (Wildman–Crippen MR) is 100 cm³/mol. The van der Waals surface area contributed by atoms with Gasteiger partial charge in [0.15, 0.2) is 0 Å². The van der Waals surface area contributed by atoms with Gasteiger partial charge in [0.2, 0.25) is 11.9 Å². The number of hydrogen-bond donors (Lipinski definition) is 1. The molecular formula is C18H25N7O. The van der Waals surface area contributed by atoms with Gasteiger partial charge in [-0.15, -0.1) is 0 Å². The highest BCUT2D eigenvalue weighted by atomic mass is 16.1. The first-order chi connectivity index (χ1) is 12.5. The molecule has 1 saturated heterocycles. The van der Waals surface area contributed by atoms with Gasteiger partial charge >= 0.3 is 0 Å². The monoisotopic (exact) mass is 355 g/mol. The molecule has 1 fully saturated rings. The lowest BCUT2D eigenvalue weighted by molar-refractivity contribution is 0.0944. The molecule has 138 valence electrons. The molecule has 8 nitrogen and oxygen atoms in total. The maximum atomic E-state index is 12.3. The molecule has 1 amide bonds. The first-order valence-electron chi connectivity index (χ1n) is 8.93. The van der Waals surface area contributed by atoms with E-state index in [2.05, 4.69) is 48.9 Å². The van der Waals surface area contributed by atoms with E-state index in [0.717, 1.165) is 37.8 Å². The Morgan fingerprint density at radius 3 is 2.31 bits per heavy atom. The Morgan fingerprint density at radius 2 is 1.69 bits per heavy atom. The van der Waals surface area contributed by atoms with E-state index >= 15 is 0 Å². The van der Waals surface area contributed by atoms with Crippen molar-refractivity contribution in [3.63, 3.8) is 0 Å². The largest absolute Gasteiger partial charge is 0.350 e. The van der Waals surface area contributed by atoms with Gasteiger partial charge in [0, 0.05) is 50.8 Å². The van der Waals surface area contributed by atoms with Gasteiger partial charge in [-0.25, -0.2) is 19.9 Å². The van der Waals surface area contributed by atoms with Crippen molar-refractivity contribution in [1.82, 2.24) is 25.3 Å². The molecular weight excluding hydrogens is 330 g/mol. The van der Waals surface area contributed by atoms with Gasteiger partial charge in [-0.2, -0.15) is 0 Å². The molecule has 0 atom stereocenters. The Balaban J connectivity index is 1.67. The fourth-order valence-electron chi connectivity index (χ4n) is 2.76. The molecule has 1 aliphatic rings. The van der Waals surface area contributed by atoms with Crippen molar-refractivity contribution in [2.45, 2.75) is 20.8 Å². The summed E-state index contributed by atoms with van der Waals surface area (Å²) in [4.78, 5) is 34.2. The van der Waals surface area contributed by atoms with Crippen molar-refractivity contribution in [1.29, 1.82) is 0 Å². The number of carbonyl (C=O) groups is 1. The molecule has 0 unspecified atom stereocenters. The van der Waals surface area contributed by atoms with Gasteiger partial charge in [-0.1, -0.05) is 13.8 Å². The minimum Gasteiger partial charge on any atom is -0.350 e. The van der Waals surface area contributed by atoms with Crippen molar-refractivity contribution in [3.8, 4) is 0 Å². The standard InChI is InChI=1S/C18H25N7O/c1-13(2)12-21-16(26)15-11-14(3)22-18(23-15)25-9-7-24(8-10-25)17-19-5-4-6-20-17/h4-6,11,13H,7-10,12H2,1-3H3,(H,21,26). The molecule has 3 rings (SSSR count). The number of piperazine rings is 1. The maximum Gasteiger partial charge on any atom is 0.270 e. The Kier molecular flexibility index (Phi) is 5.60. The minimum absolute atomic E-state index is 0.151. The van der Waals surface area contributed by atoms with Crippen LogP contribution in [-0.2, 0) is 0 Å². The second-order valence-electron chi connectivity index (χ2n) is 6.82. The van der Waals surface area contributed by atoms with E-state index in [4.69, 9.17) is 0 Å². The van der Waals surface area contributed by atoms with E-state index in [0.29, 0.717) is 24.1 Å². The Morgan fingerprint density at radius 1 is 1.08 bits per heavy atom. The van der Waals surface area contributed by atoms with Gasteiger partial charge < -0.3 is 15.1 Å². The fraction of sp³-hybridized carbons (Fsp3) is 0.500. The molecule has 0 saturated carbocycles. The lowest BCUT2D eigenvalue weighted by Gasteiger charge is -2.34. The molecule has 0 spiro atoms. The third-order valence-corrected chi connectivity index (χ3v) is 4.14. The Labute approximate surface area is 153 Å². The van der Waals surface area contributed by atoms with Crippen molar-refractivity contribution < 1.29 is 4.79 Å². The minimum atomic E-state index is -0.151. The summed E-state index contributed by atoms with van der Waals surface area (Å²) >= 11 is 0. The summed E-state index contributed by atoms with van der Waals surface area (Å²) in [5.41, 5.74) is 1.21. The van der Waals surface area contributed by atoms with Crippen molar-refractivity contribution in [3.05, 3.63) is 35.9 Å². The molecule has 0 aromatic carbocycles. The van der Waals surface area contributed by atoms with E-state index in [1.165, 1.54) is 0 Å². The molecule has 1 aliphatic heterocycles. The molecule has 1 N–H and O–H groups in total. The van der Waals surface area contributed by atoms with Crippen LogP contribution >= 0.6 is 0 Å². The quantitative estimate of drug-likeness (QED) is 0.864. The summed E-state index contributed by atoms with van der Waals surface area (Å²) in [6, 6.07) is 3.54. The van der Waals surface area contributed by atoms with Crippen LogP contribution in [0.25, 0.3) is 0 Å². The number of nitrogens with one attached hydrogen (secondary N) is 1. The SMILES string of the molecule is Cc1cc(C(=O)NCC(C)C)nc(N2CCN(c3ncccn3)CC2)n1. The summed E-state index contributed by atoms with van der Waals surface area (Å²) in [5.74, 6) is 1.59. The number of anilines is 2. The van der Waals surface area contributed by atoms with Gasteiger partial charge in [0.05, 0.1) is 0 Å². The lowest BCUT2D eigenvalue weighted by Crippen LogP contribution is -2.47. The smallest absolute Gasteiger partial charge is 0.270 e. The number of rotatable bonds is 5. The van der Waals surface area contributed by atoms with Gasteiger partial charge in [0.25, 0.3) is 5.91 Å². The summed E-state index contributed by atoms with van der Waals surface area (Å²) in [6.07, 6.45) is 3.50. The van der Waals surface area contributed by atoms with Crippen molar-refractivity contribution in [2.75, 3.05) is 42.5 Å². The molecule has 0 bridgehead atoms.